The number of benzene rings is 2. The average molecular weight is 481 g/mol. The molecule has 0 spiro atoms. The fraction of sp³-hybridized carbons (Fsp3) is 0.444. The summed E-state index contributed by atoms with van der Waals surface area (Å²) in [5.41, 5.74) is 3.44. The number of rotatable bonds is 8. The van der Waals surface area contributed by atoms with Crippen molar-refractivity contribution in [3.05, 3.63) is 59.7 Å². The van der Waals surface area contributed by atoms with Gasteiger partial charge in [0.05, 0.1) is 12.5 Å². The van der Waals surface area contributed by atoms with Crippen LogP contribution in [0.25, 0.3) is 11.1 Å². The number of aliphatic carboxylic acids is 1. The Bertz CT molecular complexity index is 1050. The van der Waals surface area contributed by atoms with Crippen molar-refractivity contribution in [1.82, 2.24) is 10.6 Å². The maximum atomic E-state index is 12.7. The molecule has 8 nitrogen and oxygen atoms in total. The quantitative estimate of drug-likeness (QED) is 0.533. The van der Waals surface area contributed by atoms with Gasteiger partial charge in [-0.05, 0) is 42.0 Å². The lowest BCUT2D eigenvalue weighted by Gasteiger charge is -2.33. The molecule has 0 bridgehead atoms. The van der Waals surface area contributed by atoms with Crippen molar-refractivity contribution in [3.8, 4) is 11.1 Å². The molecule has 4 rings (SSSR count). The van der Waals surface area contributed by atoms with Crippen molar-refractivity contribution in [2.45, 2.75) is 38.6 Å². The van der Waals surface area contributed by atoms with Crippen LogP contribution in [-0.2, 0) is 19.1 Å². The second kappa shape index (κ2) is 10.5. The maximum absolute atomic E-state index is 12.7. The Hall–Kier alpha value is -3.39. The van der Waals surface area contributed by atoms with E-state index in [4.69, 9.17) is 9.47 Å². The van der Waals surface area contributed by atoms with Gasteiger partial charge >= 0.3 is 12.1 Å². The number of nitrogens with one attached hydrogen (secondary N) is 2. The molecule has 1 fully saturated rings. The first-order valence-corrected chi connectivity index (χ1v) is 12.0. The molecule has 0 aromatic heterocycles. The number of amides is 2. The fourth-order valence-electron chi connectivity index (χ4n) is 4.83. The highest BCUT2D eigenvalue weighted by Gasteiger charge is 2.41. The van der Waals surface area contributed by atoms with Crippen LogP contribution in [0.4, 0.5) is 4.79 Å². The Morgan fingerprint density at radius 1 is 1.09 bits per heavy atom. The molecule has 2 aromatic carbocycles. The molecular weight excluding hydrogens is 448 g/mol. The van der Waals surface area contributed by atoms with E-state index in [0.29, 0.717) is 19.4 Å². The molecule has 186 valence electrons. The molecule has 2 aliphatic rings. The van der Waals surface area contributed by atoms with Gasteiger partial charge in [0.25, 0.3) is 0 Å². The predicted molar refractivity (Wildman–Crippen MR) is 130 cm³/mol. The number of alkyl carbamates (subject to hydrolysis) is 1. The normalized spacial score (nSPS) is 20.7. The Morgan fingerprint density at radius 3 is 2.29 bits per heavy atom. The molecule has 1 aliphatic carbocycles. The van der Waals surface area contributed by atoms with Crippen molar-refractivity contribution >= 4 is 18.0 Å². The predicted octanol–water partition coefficient (Wildman–Crippen LogP) is 3.55. The highest BCUT2D eigenvalue weighted by molar-refractivity contribution is 5.82. The summed E-state index contributed by atoms with van der Waals surface area (Å²) in [5.74, 6) is -1.93. The molecule has 1 saturated heterocycles. The van der Waals surface area contributed by atoms with Crippen LogP contribution in [-0.4, -0.2) is 55.5 Å². The number of hydrogen-bond donors (Lipinski definition) is 3. The van der Waals surface area contributed by atoms with Gasteiger partial charge in [0.15, 0.2) is 0 Å². The van der Waals surface area contributed by atoms with Gasteiger partial charge in [0.1, 0.15) is 12.0 Å². The number of ether oxygens (including phenoxy) is 2. The molecule has 3 N–H and O–H groups in total. The molecule has 3 atom stereocenters. The highest BCUT2D eigenvalue weighted by Crippen LogP contribution is 2.44. The molecule has 2 aromatic rings. The van der Waals surface area contributed by atoms with E-state index in [2.05, 4.69) is 34.9 Å². The lowest BCUT2D eigenvalue weighted by Crippen LogP contribution is -2.51. The fourth-order valence-corrected chi connectivity index (χ4v) is 4.83. The summed E-state index contributed by atoms with van der Waals surface area (Å²) in [6.45, 7) is 4.19. The second-order valence-electron chi connectivity index (χ2n) is 9.51. The van der Waals surface area contributed by atoms with Gasteiger partial charge in [-0.2, -0.15) is 0 Å². The van der Waals surface area contributed by atoms with Crippen LogP contribution in [0.15, 0.2) is 48.5 Å². The van der Waals surface area contributed by atoms with Gasteiger partial charge in [-0.3, -0.25) is 9.59 Å². The summed E-state index contributed by atoms with van der Waals surface area (Å²) < 4.78 is 10.9. The Labute approximate surface area is 205 Å². The third kappa shape index (κ3) is 5.17. The third-order valence-electron chi connectivity index (χ3n) is 7.23. The Kier molecular flexibility index (Phi) is 7.40. The minimum atomic E-state index is -1.11. The topological polar surface area (TPSA) is 114 Å². The van der Waals surface area contributed by atoms with Crippen molar-refractivity contribution in [3.63, 3.8) is 0 Å². The van der Waals surface area contributed by atoms with Gasteiger partial charge in [-0.25, -0.2) is 4.79 Å². The lowest BCUT2D eigenvalue weighted by atomic mass is 9.82. The number of fused-ring (bicyclic) bond motifs is 3. The van der Waals surface area contributed by atoms with Crippen molar-refractivity contribution in [1.29, 1.82) is 0 Å². The highest BCUT2D eigenvalue weighted by atomic mass is 16.5. The zero-order valence-corrected chi connectivity index (χ0v) is 20.1. The summed E-state index contributed by atoms with van der Waals surface area (Å²) in [6.07, 6.45) is 0.490. The van der Waals surface area contributed by atoms with Gasteiger partial charge in [0, 0.05) is 25.1 Å². The summed E-state index contributed by atoms with van der Waals surface area (Å²) in [7, 11) is 0. The van der Waals surface area contributed by atoms with E-state index < -0.39 is 29.4 Å². The molecule has 8 heteroatoms. The van der Waals surface area contributed by atoms with E-state index >= 15 is 0 Å². The summed E-state index contributed by atoms with van der Waals surface area (Å²) in [4.78, 5) is 37.0. The van der Waals surface area contributed by atoms with Gasteiger partial charge in [0.2, 0.25) is 5.91 Å². The zero-order chi connectivity index (χ0) is 25.0. The number of hydrogen-bond acceptors (Lipinski definition) is 5. The third-order valence-corrected chi connectivity index (χ3v) is 7.23. The lowest BCUT2D eigenvalue weighted by molar-refractivity contribution is -0.157. The molecule has 35 heavy (non-hydrogen) atoms. The second-order valence-corrected chi connectivity index (χ2v) is 9.51. The minimum Gasteiger partial charge on any atom is -0.481 e. The van der Waals surface area contributed by atoms with Crippen LogP contribution < -0.4 is 10.6 Å². The average Bonchev–Trinajstić information content (AvgIpc) is 3.19. The van der Waals surface area contributed by atoms with E-state index in [-0.39, 0.29) is 31.6 Å². The van der Waals surface area contributed by atoms with Crippen LogP contribution in [0.2, 0.25) is 0 Å². The van der Waals surface area contributed by atoms with Gasteiger partial charge < -0.3 is 25.2 Å². The first kappa shape index (κ1) is 24.7. The first-order valence-electron chi connectivity index (χ1n) is 12.0. The van der Waals surface area contributed by atoms with E-state index in [1.54, 1.807) is 13.8 Å². The van der Waals surface area contributed by atoms with E-state index in [9.17, 15) is 19.5 Å². The van der Waals surface area contributed by atoms with Gasteiger partial charge in [-0.1, -0.05) is 55.5 Å². The zero-order valence-electron chi connectivity index (χ0n) is 20.1. The monoisotopic (exact) mass is 480 g/mol. The van der Waals surface area contributed by atoms with Crippen LogP contribution in [0.5, 0.6) is 0 Å². The van der Waals surface area contributed by atoms with Crippen molar-refractivity contribution < 1.29 is 29.0 Å². The summed E-state index contributed by atoms with van der Waals surface area (Å²) in [5, 5.41) is 15.1. The van der Waals surface area contributed by atoms with Gasteiger partial charge in [-0.15, -0.1) is 0 Å². The molecule has 1 aliphatic heterocycles. The van der Waals surface area contributed by atoms with Crippen LogP contribution in [0.3, 0.4) is 0 Å². The SMILES string of the molecule is CC(NC(=O)OCC1c2ccccc2-c2ccccc21)C(C)C(=O)NCC1(C(=O)O)CCCOC1. The number of carbonyl (C=O) groups excluding carboxylic acids is 2. The molecular formula is C27H32N2O6. The van der Waals surface area contributed by atoms with Crippen LogP contribution in [0.1, 0.15) is 43.7 Å². The van der Waals surface area contributed by atoms with E-state index in [0.717, 1.165) is 22.3 Å². The number of carboxylic acid groups (broad SMARTS) is 1. The smallest absolute Gasteiger partial charge is 0.407 e. The van der Waals surface area contributed by atoms with Crippen molar-refractivity contribution in [2.75, 3.05) is 26.4 Å². The molecule has 0 saturated carbocycles. The largest absolute Gasteiger partial charge is 0.481 e. The molecule has 1 heterocycles. The molecule has 2 amide bonds. The molecule has 0 radical (unpaired) electrons. The Balaban J connectivity index is 1.30. The summed E-state index contributed by atoms with van der Waals surface area (Å²) >= 11 is 0. The minimum absolute atomic E-state index is 0.0107. The number of carbonyl (C=O) groups is 3. The first-order chi connectivity index (χ1) is 16.8. The maximum Gasteiger partial charge on any atom is 0.407 e. The Morgan fingerprint density at radius 2 is 1.71 bits per heavy atom. The number of carboxylic acids is 1. The van der Waals surface area contributed by atoms with Crippen LogP contribution >= 0.6 is 0 Å². The van der Waals surface area contributed by atoms with Crippen LogP contribution in [0, 0.1) is 11.3 Å². The van der Waals surface area contributed by atoms with Crippen molar-refractivity contribution in [2.24, 2.45) is 11.3 Å². The standard InChI is InChI=1S/C27H32N2O6/c1-17(24(30)28-15-27(25(31)32)12-7-13-34-16-27)18(2)29-26(33)35-14-23-21-10-5-3-8-19(21)20-9-4-6-11-22(20)23/h3-6,8-11,17-18,23H,7,12-16H2,1-2H3,(H,28,30)(H,29,33)(H,31,32). The molecule has 3 unspecified atom stereocenters. The van der Waals surface area contributed by atoms with E-state index in [1.165, 1.54) is 0 Å². The summed E-state index contributed by atoms with van der Waals surface area (Å²) in [6, 6.07) is 15.7. The van der Waals surface area contributed by atoms with E-state index in [1.807, 2.05) is 24.3 Å².